The highest BCUT2D eigenvalue weighted by Crippen LogP contribution is 2.13. The van der Waals surface area contributed by atoms with Gasteiger partial charge in [-0.05, 0) is 13.3 Å². The largest absolute Gasteiger partial charge is 0.357 e. The Morgan fingerprint density at radius 2 is 2.12 bits per heavy atom. The standard InChI is InChI=1S/C17H28N6OS/c1-5-13-11-21-15(25-13)8-10-20-17(18-6-2)19-9-7-14-22-16(12(3)4)23-24-14/h11-12H,5-10H2,1-4H3,(H2,18,19,20). The van der Waals surface area contributed by atoms with Crippen molar-refractivity contribution in [1.29, 1.82) is 0 Å². The summed E-state index contributed by atoms with van der Waals surface area (Å²) >= 11 is 1.77. The fraction of sp³-hybridized carbons (Fsp3) is 0.647. The lowest BCUT2D eigenvalue weighted by Crippen LogP contribution is -2.38. The van der Waals surface area contributed by atoms with E-state index in [4.69, 9.17) is 4.52 Å². The second kappa shape index (κ2) is 10.1. The first-order chi connectivity index (χ1) is 12.1. The quantitative estimate of drug-likeness (QED) is 0.525. The summed E-state index contributed by atoms with van der Waals surface area (Å²) in [5, 5.41) is 11.7. The van der Waals surface area contributed by atoms with Crippen LogP contribution in [-0.2, 0) is 19.3 Å². The van der Waals surface area contributed by atoms with Gasteiger partial charge < -0.3 is 15.2 Å². The second-order valence-electron chi connectivity index (χ2n) is 5.96. The van der Waals surface area contributed by atoms with Gasteiger partial charge in [-0.25, -0.2) is 4.98 Å². The molecule has 25 heavy (non-hydrogen) atoms. The summed E-state index contributed by atoms with van der Waals surface area (Å²) in [7, 11) is 0. The number of nitrogens with one attached hydrogen (secondary N) is 2. The Balaban J connectivity index is 1.78. The molecular formula is C17H28N6OS. The molecule has 0 amide bonds. The first-order valence-corrected chi connectivity index (χ1v) is 9.72. The zero-order valence-electron chi connectivity index (χ0n) is 15.5. The minimum absolute atomic E-state index is 0.281. The Kier molecular flexibility index (Phi) is 7.84. The van der Waals surface area contributed by atoms with E-state index in [1.165, 1.54) is 4.88 Å². The summed E-state index contributed by atoms with van der Waals surface area (Å²) in [6, 6.07) is 0. The number of aliphatic imine (C=N–C) groups is 1. The number of guanidine groups is 1. The van der Waals surface area contributed by atoms with Crippen molar-refractivity contribution in [2.24, 2.45) is 4.99 Å². The second-order valence-corrected chi connectivity index (χ2v) is 7.16. The van der Waals surface area contributed by atoms with E-state index in [1.54, 1.807) is 11.3 Å². The van der Waals surface area contributed by atoms with Crippen molar-refractivity contribution in [2.45, 2.75) is 52.9 Å². The van der Waals surface area contributed by atoms with E-state index in [9.17, 15) is 0 Å². The Morgan fingerprint density at radius 1 is 1.28 bits per heavy atom. The van der Waals surface area contributed by atoms with Crippen LogP contribution in [0, 0.1) is 0 Å². The molecular weight excluding hydrogens is 336 g/mol. The van der Waals surface area contributed by atoms with Crippen molar-refractivity contribution >= 4 is 17.3 Å². The van der Waals surface area contributed by atoms with Crippen molar-refractivity contribution in [3.05, 3.63) is 27.8 Å². The molecule has 2 aromatic heterocycles. The number of aryl methyl sites for hydroxylation is 1. The number of nitrogens with zero attached hydrogens (tertiary/aromatic N) is 4. The summed E-state index contributed by atoms with van der Waals surface area (Å²) in [6.07, 6.45) is 4.54. The van der Waals surface area contributed by atoms with Gasteiger partial charge in [-0.1, -0.05) is 25.9 Å². The van der Waals surface area contributed by atoms with Crippen molar-refractivity contribution in [3.63, 3.8) is 0 Å². The van der Waals surface area contributed by atoms with Crippen LogP contribution in [-0.4, -0.2) is 40.7 Å². The zero-order valence-corrected chi connectivity index (χ0v) is 16.3. The van der Waals surface area contributed by atoms with Crippen LogP contribution in [0.3, 0.4) is 0 Å². The summed E-state index contributed by atoms with van der Waals surface area (Å²) < 4.78 is 5.25. The van der Waals surface area contributed by atoms with E-state index in [0.29, 0.717) is 25.4 Å². The Labute approximate surface area is 153 Å². The van der Waals surface area contributed by atoms with Crippen molar-refractivity contribution in [1.82, 2.24) is 25.8 Å². The maximum absolute atomic E-state index is 5.25. The predicted octanol–water partition coefficient (Wildman–Crippen LogP) is 2.55. The molecule has 2 N–H and O–H groups in total. The van der Waals surface area contributed by atoms with E-state index in [0.717, 1.165) is 36.2 Å². The van der Waals surface area contributed by atoms with Crippen LogP contribution in [0.4, 0.5) is 0 Å². The number of hydrogen-bond acceptors (Lipinski definition) is 6. The summed E-state index contributed by atoms with van der Waals surface area (Å²) in [6.45, 7) is 10.5. The Hall–Kier alpha value is -1.96. The molecule has 0 aromatic carbocycles. The molecule has 0 aliphatic rings. The smallest absolute Gasteiger partial charge is 0.228 e. The minimum Gasteiger partial charge on any atom is -0.357 e. The molecule has 0 unspecified atom stereocenters. The van der Waals surface area contributed by atoms with Crippen molar-refractivity contribution in [2.75, 3.05) is 19.6 Å². The predicted molar refractivity (Wildman–Crippen MR) is 101 cm³/mol. The van der Waals surface area contributed by atoms with Crippen LogP contribution in [0.15, 0.2) is 15.7 Å². The van der Waals surface area contributed by atoms with Gasteiger partial charge in [0.2, 0.25) is 5.89 Å². The molecule has 0 radical (unpaired) electrons. The highest BCUT2D eigenvalue weighted by atomic mass is 32.1. The number of rotatable bonds is 9. The van der Waals surface area contributed by atoms with E-state index in [-0.39, 0.29) is 5.92 Å². The average Bonchev–Trinajstić information content (AvgIpc) is 3.24. The van der Waals surface area contributed by atoms with Crippen LogP contribution < -0.4 is 10.6 Å². The topological polar surface area (TPSA) is 88.2 Å². The van der Waals surface area contributed by atoms with Gasteiger partial charge in [-0.2, -0.15) is 4.98 Å². The molecule has 0 atom stereocenters. The zero-order chi connectivity index (χ0) is 18.1. The molecule has 2 rings (SSSR count). The van der Waals surface area contributed by atoms with Gasteiger partial charge in [0, 0.05) is 49.5 Å². The number of hydrogen-bond donors (Lipinski definition) is 2. The van der Waals surface area contributed by atoms with E-state index in [2.05, 4.69) is 58.4 Å². The van der Waals surface area contributed by atoms with E-state index in [1.807, 2.05) is 6.20 Å². The molecule has 0 saturated carbocycles. The Morgan fingerprint density at radius 3 is 2.76 bits per heavy atom. The monoisotopic (exact) mass is 364 g/mol. The van der Waals surface area contributed by atoms with Crippen LogP contribution in [0.1, 0.15) is 55.2 Å². The molecule has 0 aliphatic heterocycles. The van der Waals surface area contributed by atoms with Gasteiger partial charge >= 0.3 is 0 Å². The first-order valence-electron chi connectivity index (χ1n) is 8.90. The third-order valence-corrected chi connectivity index (χ3v) is 4.72. The molecule has 2 aromatic rings. The van der Waals surface area contributed by atoms with E-state index < -0.39 is 0 Å². The first kappa shape index (κ1) is 19.4. The van der Waals surface area contributed by atoms with Crippen molar-refractivity contribution < 1.29 is 4.52 Å². The molecule has 7 nitrogen and oxygen atoms in total. The van der Waals surface area contributed by atoms with Gasteiger partial charge in [-0.15, -0.1) is 11.3 Å². The van der Waals surface area contributed by atoms with Gasteiger partial charge in [-0.3, -0.25) is 4.99 Å². The minimum atomic E-state index is 0.281. The number of thiazole rings is 1. The summed E-state index contributed by atoms with van der Waals surface area (Å²) in [4.78, 5) is 14.7. The third-order valence-electron chi connectivity index (χ3n) is 3.52. The normalized spacial score (nSPS) is 12.0. The molecule has 0 saturated heterocycles. The van der Waals surface area contributed by atoms with Crippen LogP contribution in [0.2, 0.25) is 0 Å². The number of aromatic nitrogens is 3. The van der Waals surface area contributed by atoms with E-state index >= 15 is 0 Å². The van der Waals surface area contributed by atoms with Gasteiger partial charge in [0.05, 0.1) is 5.01 Å². The van der Waals surface area contributed by atoms with Gasteiger partial charge in [0.25, 0.3) is 0 Å². The Bertz CT molecular complexity index is 664. The molecule has 0 aliphatic carbocycles. The summed E-state index contributed by atoms with van der Waals surface area (Å²) in [5.74, 6) is 2.49. The molecule has 0 bridgehead atoms. The molecule has 0 fully saturated rings. The maximum atomic E-state index is 5.25. The summed E-state index contributed by atoms with van der Waals surface area (Å²) in [5.41, 5.74) is 0. The van der Waals surface area contributed by atoms with Gasteiger partial charge in [0.1, 0.15) is 0 Å². The van der Waals surface area contributed by atoms with Crippen LogP contribution in [0.25, 0.3) is 0 Å². The van der Waals surface area contributed by atoms with Crippen molar-refractivity contribution in [3.8, 4) is 0 Å². The fourth-order valence-electron chi connectivity index (χ4n) is 2.12. The highest BCUT2D eigenvalue weighted by Gasteiger charge is 2.09. The molecule has 138 valence electrons. The lowest BCUT2D eigenvalue weighted by molar-refractivity contribution is 0.371. The SMILES string of the molecule is CCNC(=NCCc1ncc(CC)s1)NCCc1nc(C(C)C)no1. The molecule has 8 heteroatoms. The maximum Gasteiger partial charge on any atom is 0.228 e. The lowest BCUT2D eigenvalue weighted by atomic mass is 10.2. The molecule has 0 spiro atoms. The van der Waals surface area contributed by atoms with Crippen LogP contribution >= 0.6 is 11.3 Å². The average molecular weight is 365 g/mol. The van der Waals surface area contributed by atoms with Crippen LogP contribution in [0.5, 0.6) is 0 Å². The molecule has 2 heterocycles. The highest BCUT2D eigenvalue weighted by molar-refractivity contribution is 7.11. The third kappa shape index (κ3) is 6.45. The van der Waals surface area contributed by atoms with Gasteiger partial charge in [0.15, 0.2) is 11.8 Å². The lowest BCUT2D eigenvalue weighted by Gasteiger charge is -2.09. The fourth-order valence-corrected chi connectivity index (χ4v) is 2.98.